The molecule has 4 aromatic rings. The second kappa shape index (κ2) is 17.4. The van der Waals surface area contributed by atoms with Gasteiger partial charge in [-0.1, -0.05) is 29.5 Å². The van der Waals surface area contributed by atoms with Gasteiger partial charge in [-0.05, 0) is 90.7 Å². The highest BCUT2D eigenvalue weighted by Gasteiger charge is 2.34. The molecule has 0 spiro atoms. The molecular formula is C37H36BrN3O11S. The van der Waals surface area contributed by atoms with Crippen LogP contribution in [0.15, 0.2) is 80.1 Å². The normalized spacial score (nSPS) is 13.8. The van der Waals surface area contributed by atoms with Crippen molar-refractivity contribution in [1.29, 1.82) is 0 Å². The molecule has 1 aliphatic heterocycles. The number of nitrogens with zero attached hydrogens (tertiary/aromatic N) is 3. The smallest absolute Gasteiger partial charge is 0.343 e. The van der Waals surface area contributed by atoms with E-state index in [9.17, 15) is 24.5 Å². The largest absolute Gasteiger partial charge is 0.490 e. The third-order valence-corrected chi connectivity index (χ3v) is 9.38. The lowest BCUT2D eigenvalue weighted by molar-refractivity contribution is -0.384. The summed E-state index contributed by atoms with van der Waals surface area (Å²) in [6, 6.07) is 13.7. The molecule has 14 nitrogen and oxygen atoms in total. The molecule has 5 rings (SSSR count). The Balaban J connectivity index is 1.58. The van der Waals surface area contributed by atoms with Crippen LogP contribution in [0.3, 0.4) is 0 Å². The summed E-state index contributed by atoms with van der Waals surface area (Å²) >= 11 is 4.72. The fourth-order valence-electron chi connectivity index (χ4n) is 5.53. The molecule has 0 fully saturated rings. The van der Waals surface area contributed by atoms with Crippen molar-refractivity contribution in [2.75, 3.05) is 33.5 Å². The number of aromatic nitrogens is 1. The van der Waals surface area contributed by atoms with Crippen LogP contribution in [0.1, 0.15) is 50.4 Å². The second-order valence-corrected chi connectivity index (χ2v) is 13.1. The van der Waals surface area contributed by atoms with E-state index >= 15 is 0 Å². The lowest BCUT2D eigenvalue weighted by atomic mass is 9.95. The van der Waals surface area contributed by atoms with Gasteiger partial charge in [-0.25, -0.2) is 14.6 Å². The summed E-state index contributed by atoms with van der Waals surface area (Å²) in [5.41, 5.74) is 1.85. The summed E-state index contributed by atoms with van der Waals surface area (Å²) in [7, 11) is 1.26. The summed E-state index contributed by atoms with van der Waals surface area (Å²) in [4.78, 5) is 55.3. The van der Waals surface area contributed by atoms with E-state index < -0.39 is 28.5 Å². The van der Waals surface area contributed by atoms with Crippen molar-refractivity contribution in [1.82, 2.24) is 4.57 Å². The zero-order chi connectivity index (χ0) is 38.2. The number of halogens is 1. The summed E-state index contributed by atoms with van der Waals surface area (Å²) < 4.78 is 35.8. The Kier molecular flexibility index (Phi) is 12.7. The standard InChI is InChI=1S/C37H36BrN3O11S/c1-6-48-28-18-24(12-13-27(28)51-20-31(42)47-5)33-32(36(44)50-8-3)21(4)39-37-40(33)35(43)30(53-37)17-23-15-26(38)34(29(16-23)49-7-2)52-19-22-10-9-11-25(14-22)41(45)46/h9-18,33H,6-8,19-20H2,1-5H3/b30-17-/t33-/m1/s1. The highest BCUT2D eigenvalue weighted by atomic mass is 79.9. The van der Waals surface area contributed by atoms with Crippen molar-refractivity contribution < 1.29 is 42.9 Å². The number of methoxy groups -OCH3 is 1. The molecule has 16 heteroatoms. The third-order valence-electron chi connectivity index (χ3n) is 7.81. The second-order valence-electron chi connectivity index (χ2n) is 11.3. The van der Waals surface area contributed by atoms with Crippen molar-refractivity contribution >= 4 is 51.0 Å². The van der Waals surface area contributed by atoms with Crippen LogP contribution in [0, 0.1) is 10.1 Å². The van der Waals surface area contributed by atoms with E-state index in [0.29, 0.717) is 60.0 Å². The van der Waals surface area contributed by atoms with Crippen LogP contribution in [0.25, 0.3) is 6.08 Å². The van der Waals surface area contributed by atoms with Crippen LogP contribution in [-0.2, 0) is 25.7 Å². The van der Waals surface area contributed by atoms with Crippen LogP contribution in [0.2, 0.25) is 0 Å². The van der Waals surface area contributed by atoms with Gasteiger partial charge in [-0.15, -0.1) is 0 Å². The number of fused-ring (bicyclic) bond motifs is 1. The molecule has 1 aromatic heterocycles. The van der Waals surface area contributed by atoms with Crippen LogP contribution in [-0.4, -0.2) is 55.0 Å². The maximum absolute atomic E-state index is 14.3. The van der Waals surface area contributed by atoms with Gasteiger partial charge in [0, 0.05) is 12.1 Å². The van der Waals surface area contributed by atoms with Crippen molar-refractivity contribution in [3.8, 4) is 23.0 Å². The predicted molar refractivity (Wildman–Crippen MR) is 198 cm³/mol. The Morgan fingerprint density at radius 2 is 1.74 bits per heavy atom. The summed E-state index contributed by atoms with van der Waals surface area (Å²) in [5, 5.41) is 11.2. The number of non-ortho nitro benzene ring substituents is 1. The maximum atomic E-state index is 14.3. The van der Waals surface area contributed by atoms with E-state index in [0.717, 1.165) is 11.3 Å². The minimum atomic E-state index is -0.934. The fourth-order valence-corrected chi connectivity index (χ4v) is 7.15. The number of hydrogen-bond donors (Lipinski definition) is 0. The molecule has 0 amide bonds. The molecule has 0 N–H and O–H groups in total. The Bertz CT molecular complexity index is 2260. The molecule has 278 valence electrons. The number of benzene rings is 3. The quantitative estimate of drug-likeness (QED) is 0.0858. The zero-order valence-corrected chi connectivity index (χ0v) is 31.9. The Hall–Kier alpha value is -5.48. The van der Waals surface area contributed by atoms with Crippen molar-refractivity contribution in [3.63, 3.8) is 0 Å². The first kappa shape index (κ1) is 38.7. The fraction of sp³-hybridized carbons (Fsp3) is 0.297. The van der Waals surface area contributed by atoms with Crippen LogP contribution < -0.4 is 33.8 Å². The van der Waals surface area contributed by atoms with Gasteiger partial charge in [-0.2, -0.15) is 0 Å². The molecule has 0 radical (unpaired) electrons. The van der Waals surface area contributed by atoms with E-state index in [1.807, 2.05) is 6.92 Å². The number of rotatable bonds is 15. The van der Waals surface area contributed by atoms with E-state index in [1.165, 1.54) is 23.8 Å². The minimum Gasteiger partial charge on any atom is -0.490 e. The van der Waals surface area contributed by atoms with E-state index in [1.54, 1.807) is 69.3 Å². The molecule has 0 saturated heterocycles. The number of thiazole rings is 1. The molecule has 1 aliphatic rings. The molecule has 3 aromatic carbocycles. The van der Waals surface area contributed by atoms with Crippen molar-refractivity contribution in [3.05, 3.63) is 117 Å². The molecule has 2 heterocycles. The first-order valence-electron chi connectivity index (χ1n) is 16.5. The third kappa shape index (κ3) is 8.77. The SMILES string of the molecule is CCOC(=O)C1=C(C)N=c2s/c(=C\c3cc(Br)c(OCc4cccc([N+](=O)[O-])c4)c(OCC)c3)c(=O)n2[C@@H]1c1ccc(OCC(=O)OC)c(OCC)c1. The Morgan fingerprint density at radius 1 is 0.981 bits per heavy atom. The van der Waals surface area contributed by atoms with E-state index in [-0.39, 0.29) is 43.4 Å². The highest BCUT2D eigenvalue weighted by Crippen LogP contribution is 2.39. The zero-order valence-electron chi connectivity index (χ0n) is 29.5. The van der Waals surface area contributed by atoms with Gasteiger partial charge in [0.05, 0.1) is 58.2 Å². The number of carbonyl (C=O) groups is 2. The van der Waals surface area contributed by atoms with Crippen LogP contribution in [0.5, 0.6) is 23.0 Å². The highest BCUT2D eigenvalue weighted by molar-refractivity contribution is 9.10. The average molecular weight is 811 g/mol. The molecule has 0 bridgehead atoms. The van der Waals surface area contributed by atoms with E-state index in [2.05, 4.69) is 25.7 Å². The van der Waals surface area contributed by atoms with Gasteiger partial charge < -0.3 is 28.4 Å². The summed E-state index contributed by atoms with van der Waals surface area (Å²) in [6.07, 6.45) is 1.69. The minimum absolute atomic E-state index is 0.0455. The first-order chi connectivity index (χ1) is 25.5. The van der Waals surface area contributed by atoms with Gasteiger partial charge in [0.2, 0.25) is 0 Å². The lowest BCUT2D eigenvalue weighted by Gasteiger charge is -2.25. The molecule has 53 heavy (non-hydrogen) atoms. The monoisotopic (exact) mass is 809 g/mol. The van der Waals surface area contributed by atoms with Crippen molar-refractivity contribution in [2.24, 2.45) is 4.99 Å². The number of hydrogen-bond acceptors (Lipinski definition) is 13. The lowest BCUT2D eigenvalue weighted by Crippen LogP contribution is -2.40. The molecule has 1 atom stereocenters. The van der Waals surface area contributed by atoms with Gasteiger partial charge in [0.15, 0.2) is 34.4 Å². The maximum Gasteiger partial charge on any atom is 0.343 e. The topological polar surface area (TPSA) is 167 Å². The average Bonchev–Trinajstić information content (AvgIpc) is 3.43. The number of nitro benzene ring substituents is 1. The van der Waals surface area contributed by atoms with Gasteiger partial charge in [0.25, 0.3) is 11.2 Å². The van der Waals surface area contributed by atoms with Crippen LogP contribution in [0.4, 0.5) is 5.69 Å². The molecule has 0 saturated carbocycles. The van der Waals surface area contributed by atoms with Gasteiger partial charge >= 0.3 is 11.9 Å². The Labute approximate surface area is 316 Å². The number of esters is 2. The molecular weight excluding hydrogens is 774 g/mol. The summed E-state index contributed by atoms with van der Waals surface area (Å²) in [5.74, 6) is 0.159. The summed E-state index contributed by atoms with van der Waals surface area (Å²) in [6.45, 7) is 7.40. The number of carbonyl (C=O) groups excluding carboxylic acids is 2. The first-order valence-corrected chi connectivity index (χ1v) is 18.1. The number of allylic oxidation sites excluding steroid dienone is 1. The van der Waals surface area contributed by atoms with Gasteiger partial charge in [-0.3, -0.25) is 19.5 Å². The molecule has 0 unspecified atom stereocenters. The predicted octanol–water partition coefficient (Wildman–Crippen LogP) is 5.40. The van der Waals surface area contributed by atoms with Crippen LogP contribution >= 0.6 is 27.3 Å². The van der Waals surface area contributed by atoms with Crippen molar-refractivity contribution in [2.45, 2.75) is 40.3 Å². The molecule has 0 aliphatic carbocycles. The van der Waals surface area contributed by atoms with Gasteiger partial charge in [0.1, 0.15) is 6.61 Å². The Morgan fingerprint density at radius 3 is 2.43 bits per heavy atom. The van der Waals surface area contributed by atoms with E-state index in [4.69, 9.17) is 23.7 Å². The number of nitro groups is 1. The number of ether oxygens (including phenoxy) is 6.